The van der Waals surface area contributed by atoms with E-state index in [0.717, 1.165) is 0 Å². The number of nitrogens with two attached hydrogens (primary N) is 1. The lowest BCUT2D eigenvalue weighted by Gasteiger charge is -2.06. The molecule has 0 aliphatic rings. The molecule has 19 heavy (non-hydrogen) atoms. The summed E-state index contributed by atoms with van der Waals surface area (Å²) < 4.78 is 9.17. The third kappa shape index (κ3) is 4.79. The molecule has 1 aromatic rings. The van der Waals surface area contributed by atoms with E-state index >= 15 is 0 Å². The highest BCUT2D eigenvalue weighted by Gasteiger charge is 2.14. The molecule has 0 heterocycles. The van der Waals surface area contributed by atoms with Crippen LogP contribution in [0.2, 0.25) is 0 Å². The largest absolute Gasteiger partial charge is 0.516 e. The Bertz CT molecular complexity index is 478. The van der Waals surface area contributed by atoms with Gasteiger partial charge < -0.3 is 15.2 Å². The second-order valence-electron chi connectivity index (χ2n) is 4.29. The first-order valence-corrected chi connectivity index (χ1v) is 5.69. The van der Waals surface area contributed by atoms with Gasteiger partial charge >= 0.3 is 12.1 Å². The maximum Gasteiger partial charge on any atom is 0.516 e. The second kappa shape index (κ2) is 6.53. The van der Waals surface area contributed by atoms with E-state index in [9.17, 15) is 14.4 Å². The lowest BCUT2D eigenvalue weighted by atomic mass is 10.1. The Morgan fingerprint density at radius 3 is 2.11 bits per heavy atom. The van der Waals surface area contributed by atoms with Crippen molar-refractivity contribution in [1.29, 1.82) is 0 Å². The van der Waals surface area contributed by atoms with Gasteiger partial charge in [0.15, 0.2) is 0 Å². The molecule has 1 amide bonds. The highest BCUT2D eigenvalue weighted by molar-refractivity contribution is 5.97. The number of primary amides is 1. The van der Waals surface area contributed by atoms with Gasteiger partial charge in [-0.15, -0.1) is 0 Å². The Morgan fingerprint density at radius 1 is 1.11 bits per heavy atom. The minimum atomic E-state index is -1.04. The van der Waals surface area contributed by atoms with E-state index in [2.05, 4.69) is 4.74 Å². The molecule has 0 aromatic heterocycles. The molecule has 0 aliphatic carbocycles. The summed E-state index contributed by atoms with van der Waals surface area (Å²) in [7, 11) is 0. The average Bonchev–Trinajstić information content (AvgIpc) is 2.36. The quantitative estimate of drug-likeness (QED) is 0.660. The van der Waals surface area contributed by atoms with Crippen molar-refractivity contribution >= 4 is 18.0 Å². The highest BCUT2D eigenvalue weighted by Crippen LogP contribution is 2.06. The molecular formula is C13H15NO5. The molecule has 0 fully saturated rings. The van der Waals surface area contributed by atoms with Gasteiger partial charge in [-0.2, -0.15) is 0 Å². The van der Waals surface area contributed by atoms with Crippen molar-refractivity contribution in [2.45, 2.75) is 13.8 Å². The van der Waals surface area contributed by atoms with Crippen LogP contribution in [0.1, 0.15) is 34.6 Å². The summed E-state index contributed by atoms with van der Waals surface area (Å²) in [5.74, 6) is -1.29. The summed E-state index contributed by atoms with van der Waals surface area (Å²) in [6, 6.07) is 5.44. The van der Waals surface area contributed by atoms with Crippen LogP contribution in [0.3, 0.4) is 0 Å². The normalized spacial score (nSPS) is 10.1. The Balaban J connectivity index is 2.58. The van der Waals surface area contributed by atoms with Crippen LogP contribution in [-0.4, -0.2) is 24.6 Å². The maximum absolute atomic E-state index is 11.5. The number of hydrogen-bond acceptors (Lipinski definition) is 5. The first-order valence-electron chi connectivity index (χ1n) is 5.69. The molecule has 1 aromatic carbocycles. The van der Waals surface area contributed by atoms with Gasteiger partial charge in [0.1, 0.15) is 0 Å². The van der Waals surface area contributed by atoms with Crippen LogP contribution in [0.4, 0.5) is 4.79 Å². The molecule has 0 spiro atoms. The number of amides is 1. The summed E-state index contributed by atoms with van der Waals surface area (Å²) in [6.07, 6.45) is -1.04. The third-order valence-corrected chi connectivity index (χ3v) is 2.12. The number of carbonyl (C=O) groups excluding carboxylic acids is 3. The van der Waals surface area contributed by atoms with Gasteiger partial charge in [-0.1, -0.05) is 13.8 Å². The Labute approximate surface area is 110 Å². The number of rotatable bonds is 4. The number of esters is 1. The van der Waals surface area contributed by atoms with Crippen molar-refractivity contribution in [2.24, 2.45) is 11.7 Å². The molecule has 0 saturated carbocycles. The molecule has 0 saturated heterocycles. The summed E-state index contributed by atoms with van der Waals surface area (Å²) >= 11 is 0. The van der Waals surface area contributed by atoms with Crippen LogP contribution in [-0.2, 0) is 9.47 Å². The van der Waals surface area contributed by atoms with Crippen LogP contribution in [0.25, 0.3) is 0 Å². The molecular weight excluding hydrogens is 250 g/mol. The van der Waals surface area contributed by atoms with Crippen LogP contribution in [0.5, 0.6) is 0 Å². The molecule has 2 N–H and O–H groups in total. The van der Waals surface area contributed by atoms with Gasteiger partial charge in [0.2, 0.25) is 5.91 Å². The van der Waals surface area contributed by atoms with Crippen molar-refractivity contribution in [1.82, 2.24) is 0 Å². The number of ether oxygens (including phenoxy) is 2. The maximum atomic E-state index is 11.5. The van der Waals surface area contributed by atoms with E-state index in [1.807, 2.05) is 13.8 Å². The van der Waals surface area contributed by atoms with E-state index < -0.39 is 18.0 Å². The number of carbonyl (C=O) groups is 3. The molecule has 6 heteroatoms. The molecule has 0 atom stereocenters. The molecule has 0 bridgehead atoms. The van der Waals surface area contributed by atoms with Crippen LogP contribution < -0.4 is 5.73 Å². The van der Waals surface area contributed by atoms with Gasteiger partial charge in [0, 0.05) is 5.56 Å². The van der Waals surface area contributed by atoms with Crippen molar-refractivity contribution in [3.63, 3.8) is 0 Å². The average molecular weight is 265 g/mol. The monoisotopic (exact) mass is 265 g/mol. The van der Waals surface area contributed by atoms with Crippen molar-refractivity contribution in [2.75, 3.05) is 6.61 Å². The first-order chi connectivity index (χ1) is 8.90. The van der Waals surface area contributed by atoms with Gasteiger partial charge in [-0.05, 0) is 30.2 Å². The van der Waals surface area contributed by atoms with Crippen molar-refractivity contribution in [3.05, 3.63) is 35.4 Å². The van der Waals surface area contributed by atoms with E-state index in [0.29, 0.717) is 0 Å². The summed E-state index contributed by atoms with van der Waals surface area (Å²) in [4.78, 5) is 33.5. The second-order valence-corrected chi connectivity index (χ2v) is 4.29. The van der Waals surface area contributed by atoms with Crippen LogP contribution in [0.15, 0.2) is 24.3 Å². The molecule has 1 rings (SSSR count). The van der Waals surface area contributed by atoms with Gasteiger partial charge in [0.05, 0.1) is 12.2 Å². The Morgan fingerprint density at radius 2 is 1.63 bits per heavy atom. The van der Waals surface area contributed by atoms with E-state index in [1.165, 1.54) is 24.3 Å². The fourth-order valence-corrected chi connectivity index (χ4v) is 1.17. The fourth-order valence-electron chi connectivity index (χ4n) is 1.17. The molecule has 0 radical (unpaired) electrons. The third-order valence-electron chi connectivity index (χ3n) is 2.12. The van der Waals surface area contributed by atoms with E-state index in [4.69, 9.17) is 10.5 Å². The molecule has 6 nitrogen and oxygen atoms in total. The molecule has 0 unspecified atom stereocenters. The zero-order chi connectivity index (χ0) is 14.4. The lowest BCUT2D eigenvalue weighted by Crippen LogP contribution is -2.16. The van der Waals surface area contributed by atoms with Gasteiger partial charge in [-0.25, -0.2) is 9.59 Å². The van der Waals surface area contributed by atoms with Crippen LogP contribution >= 0.6 is 0 Å². The lowest BCUT2D eigenvalue weighted by molar-refractivity contribution is 0.0350. The van der Waals surface area contributed by atoms with E-state index in [-0.39, 0.29) is 23.7 Å². The minimum absolute atomic E-state index is 0.131. The first kappa shape index (κ1) is 14.7. The zero-order valence-corrected chi connectivity index (χ0v) is 10.7. The number of hydrogen-bond donors (Lipinski definition) is 1. The molecule has 0 aliphatic heterocycles. The predicted octanol–water partition coefficient (Wildman–Crippen LogP) is 1.73. The predicted molar refractivity (Wildman–Crippen MR) is 66.6 cm³/mol. The SMILES string of the molecule is CC(C)COC(=O)OC(=O)c1ccc(C(N)=O)cc1. The standard InChI is InChI=1S/C13H15NO5/c1-8(2)7-18-13(17)19-12(16)10-5-3-9(4-6-10)11(14)15/h3-6,8H,7H2,1-2H3,(H2,14,15). The summed E-state index contributed by atoms with van der Waals surface area (Å²) in [6.45, 7) is 3.89. The molecule has 102 valence electrons. The Kier molecular flexibility index (Phi) is 5.05. The highest BCUT2D eigenvalue weighted by atomic mass is 16.7. The summed E-state index contributed by atoms with van der Waals surface area (Å²) in [5, 5.41) is 0. The van der Waals surface area contributed by atoms with Crippen LogP contribution in [0, 0.1) is 5.92 Å². The van der Waals surface area contributed by atoms with Gasteiger partial charge in [-0.3, -0.25) is 4.79 Å². The van der Waals surface area contributed by atoms with Crippen molar-refractivity contribution in [3.8, 4) is 0 Å². The topological polar surface area (TPSA) is 95.7 Å². The Hall–Kier alpha value is -2.37. The fraction of sp³-hybridized carbons (Fsp3) is 0.308. The minimum Gasteiger partial charge on any atom is -0.434 e. The summed E-state index contributed by atoms with van der Waals surface area (Å²) in [5.41, 5.74) is 5.45. The zero-order valence-electron chi connectivity index (χ0n) is 10.7. The number of benzene rings is 1. The van der Waals surface area contributed by atoms with E-state index in [1.54, 1.807) is 0 Å². The van der Waals surface area contributed by atoms with Gasteiger partial charge in [0.25, 0.3) is 0 Å². The smallest absolute Gasteiger partial charge is 0.434 e. The van der Waals surface area contributed by atoms with Crippen molar-refractivity contribution < 1.29 is 23.9 Å².